The monoisotopic (exact) mass is 279 g/mol. The minimum Gasteiger partial charge on any atom is -0.373 e. The Labute approximate surface area is 108 Å². The fourth-order valence-electron chi connectivity index (χ4n) is 1.87. The predicted molar refractivity (Wildman–Crippen MR) is 67.8 cm³/mol. The van der Waals surface area contributed by atoms with Gasteiger partial charge in [-0.25, -0.2) is 13.2 Å². The number of carbonyl (C=O) groups is 1. The Balaban J connectivity index is 2.50. The number of nitrogens with zero attached hydrogens (tertiary/aromatic N) is 1. The minimum atomic E-state index is -3.34. The molecular formula is C10H21N3O4S. The Morgan fingerprint density at radius 1 is 1.33 bits per heavy atom. The standard InChI is InChI=1S/C10H21N3O4S/c1-8-6-13(7-9(2)17-8)18(15,16)5-4-12-10(14)11-3/h8-9H,4-7H2,1-3H3,(H2,11,12,14)/t8-,9-/m1/s1. The van der Waals surface area contributed by atoms with Crippen molar-refractivity contribution < 1.29 is 17.9 Å². The number of carbonyl (C=O) groups excluding carboxylic acids is 1. The van der Waals surface area contributed by atoms with Crippen LogP contribution in [-0.4, -0.2) is 63.4 Å². The van der Waals surface area contributed by atoms with Crippen LogP contribution < -0.4 is 10.6 Å². The zero-order chi connectivity index (χ0) is 13.8. The summed E-state index contributed by atoms with van der Waals surface area (Å²) in [6.07, 6.45) is -0.203. The second-order valence-electron chi connectivity index (χ2n) is 4.40. The third-order valence-corrected chi connectivity index (χ3v) is 4.46. The van der Waals surface area contributed by atoms with Gasteiger partial charge >= 0.3 is 6.03 Å². The van der Waals surface area contributed by atoms with E-state index in [4.69, 9.17) is 4.74 Å². The van der Waals surface area contributed by atoms with Crippen LogP contribution in [0.1, 0.15) is 13.8 Å². The first-order chi connectivity index (χ1) is 8.35. The first-order valence-electron chi connectivity index (χ1n) is 5.94. The molecule has 8 heteroatoms. The van der Waals surface area contributed by atoms with Crippen molar-refractivity contribution in [2.24, 2.45) is 0 Å². The maximum Gasteiger partial charge on any atom is 0.314 e. The van der Waals surface area contributed by atoms with Crippen molar-refractivity contribution in [3.63, 3.8) is 0 Å². The average Bonchev–Trinajstić information content (AvgIpc) is 2.27. The van der Waals surface area contributed by atoms with Gasteiger partial charge in [0.15, 0.2) is 0 Å². The van der Waals surface area contributed by atoms with Crippen molar-refractivity contribution >= 4 is 16.1 Å². The van der Waals surface area contributed by atoms with Crippen LogP contribution >= 0.6 is 0 Å². The highest BCUT2D eigenvalue weighted by atomic mass is 32.2. The van der Waals surface area contributed by atoms with Crippen molar-refractivity contribution in [1.82, 2.24) is 14.9 Å². The molecule has 1 rings (SSSR count). The third kappa shape index (κ3) is 4.43. The molecule has 1 aliphatic rings. The van der Waals surface area contributed by atoms with E-state index in [1.54, 1.807) is 0 Å². The summed E-state index contributed by atoms with van der Waals surface area (Å²) in [7, 11) is -1.86. The van der Waals surface area contributed by atoms with Crippen LogP contribution in [0, 0.1) is 0 Å². The fraction of sp³-hybridized carbons (Fsp3) is 0.900. The highest BCUT2D eigenvalue weighted by Crippen LogP contribution is 2.14. The maximum atomic E-state index is 12.0. The smallest absolute Gasteiger partial charge is 0.314 e. The molecule has 0 aromatic rings. The summed E-state index contributed by atoms with van der Waals surface area (Å²) in [6.45, 7) is 4.53. The molecule has 1 saturated heterocycles. The van der Waals surface area contributed by atoms with Crippen molar-refractivity contribution in [1.29, 1.82) is 0 Å². The van der Waals surface area contributed by atoms with Crippen LogP contribution in [-0.2, 0) is 14.8 Å². The lowest BCUT2D eigenvalue weighted by molar-refractivity contribution is -0.0440. The fourth-order valence-corrected chi connectivity index (χ4v) is 3.36. The lowest BCUT2D eigenvalue weighted by atomic mass is 10.3. The number of ether oxygens (including phenoxy) is 1. The quantitative estimate of drug-likeness (QED) is 0.716. The molecule has 0 spiro atoms. The van der Waals surface area contributed by atoms with Gasteiger partial charge in [0.05, 0.1) is 18.0 Å². The summed E-state index contributed by atoms with van der Waals surface area (Å²) in [4.78, 5) is 10.9. The minimum absolute atomic E-state index is 0.0974. The van der Waals surface area contributed by atoms with Crippen molar-refractivity contribution in [2.75, 3.05) is 32.4 Å². The van der Waals surface area contributed by atoms with Crippen LogP contribution in [0.25, 0.3) is 0 Å². The second-order valence-corrected chi connectivity index (χ2v) is 6.48. The van der Waals surface area contributed by atoms with Gasteiger partial charge in [-0.05, 0) is 13.8 Å². The van der Waals surface area contributed by atoms with E-state index in [9.17, 15) is 13.2 Å². The molecule has 18 heavy (non-hydrogen) atoms. The van der Waals surface area contributed by atoms with E-state index in [2.05, 4.69) is 10.6 Å². The highest BCUT2D eigenvalue weighted by molar-refractivity contribution is 7.89. The summed E-state index contributed by atoms with van der Waals surface area (Å²) >= 11 is 0. The SMILES string of the molecule is CNC(=O)NCCS(=O)(=O)N1C[C@@H](C)O[C@H](C)C1. The largest absolute Gasteiger partial charge is 0.373 e. The summed E-state index contributed by atoms with van der Waals surface area (Å²) in [5.74, 6) is -0.0974. The lowest BCUT2D eigenvalue weighted by Crippen LogP contribution is -2.50. The molecule has 0 unspecified atom stereocenters. The molecule has 0 bridgehead atoms. The number of morpholine rings is 1. The van der Waals surface area contributed by atoms with Gasteiger partial charge in [0.2, 0.25) is 10.0 Å². The zero-order valence-electron chi connectivity index (χ0n) is 11.0. The van der Waals surface area contributed by atoms with Crippen molar-refractivity contribution in [3.05, 3.63) is 0 Å². The molecule has 0 aromatic heterocycles. The van der Waals surface area contributed by atoms with Gasteiger partial charge < -0.3 is 15.4 Å². The molecule has 2 N–H and O–H groups in total. The van der Waals surface area contributed by atoms with Crippen LogP contribution in [0.3, 0.4) is 0 Å². The summed E-state index contributed by atoms with van der Waals surface area (Å²) in [5, 5.41) is 4.83. The Hall–Kier alpha value is -0.860. The number of rotatable bonds is 4. The normalized spacial score (nSPS) is 25.7. The third-order valence-electron chi connectivity index (χ3n) is 2.65. The van der Waals surface area contributed by atoms with E-state index >= 15 is 0 Å². The first-order valence-corrected chi connectivity index (χ1v) is 7.55. The lowest BCUT2D eigenvalue weighted by Gasteiger charge is -2.34. The number of nitrogens with one attached hydrogen (secondary N) is 2. The Morgan fingerprint density at radius 3 is 2.39 bits per heavy atom. The number of sulfonamides is 1. The van der Waals surface area contributed by atoms with E-state index in [0.717, 1.165) is 0 Å². The molecule has 2 amide bonds. The molecule has 2 atom stereocenters. The summed E-state index contributed by atoms with van der Waals surface area (Å²) < 4.78 is 31.0. The van der Waals surface area contributed by atoms with Gasteiger partial charge in [0.25, 0.3) is 0 Å². The molecule has 0 saturated carbocycles. The molecule has 0 aliphatic carbocycles. The van der Waals surface area contributed by atoms with Gasteiger partial charge in [-0.2, -0.15) is 4.31 Å². The average molecular weight is 279 g/mol. The molecule has 7 nitrogen and oxygen atoms in total. The van der Waals surface area contributed by atoms with E-state index in [-0.39, 0.29) is 30.5 Å². The van der Waals surface area contributed by atoms with Gasteiger partial charge in [0, 0.05) is 26.7 Å². The molecule has 0 aromatic carbocycles. The van der Waals surface area contributed by atoms with Crippen LogP contribution in [0.5, 0.6) is 0 Å². The highest BCUT2D eigenvalue weighted by Gasteiger charge is 2.30. The number of urea groups is 1. The number of hydrogen-bond donors (Lipinski definition) is 2. The molecular weight excluding hydrogens is 258 g/mol. The van der Waals surface area contributed by atoms with Crippen LogP contribution in [0.4, 0.5) is 4.79 Å². The number of hydrogen-bond acceptors (Lipinski definition) is 4. The number of amides is 2. The van der Waals surface area contributed by atoms with Gasteiger partial charge in [-0.15, -0.1) is 0 Å². The molecule has 0 radical (unpaired) electrons. The topological polar surface area (TPSA) is 87.7 Å². The van der Waals surface area contributed by atoms with Gasteiger partial charge in [-0.3, -0.25) is 0 Å². The van der Waals surface area contributed by atoms with Crippen molar-refractivity contribution in [3.8, 4) is 0 Å². The Morgan fingerprint density at radius 2 is 1.89 bits per heavy atom. The zero-order valence-corrected chi connectivity index (χ0v) is 11.8. The summed E-state index contributed by atoms with van der Waals surface area (Å²) in [5.41, 5.74) is 0. The van der Waals surface area contributed by atoms with Crippen molar-refractivity contribution in [2.45, 2.75) is 26.1 Å². The van der Waals surface area contributed by atoms with Gasteiger partial charge in [0.1, 0.15) is 0 Å². The van der Waals surface area contributed by atoms with Crippen LogP contribution in [0.2, 0.25) is 0 Å². The van der Waals surface area contributed by atoms with E-state index in [1.807, 2.05) is 13.8 Å². The molecule has 1 heterocycles. The van der Waals surface area contributed by atoms with E-state index in [1.165, 1.54) is 11.4 Å². The maximum absolute atomic E-state index is 12.0. The first kappa shape index (κ1) is 15.2. The van der Waals surface area contributed by atoms with Gasteiger partial charge in [-0.1, -0.05) is 0 Å². The predicted octanol–water partition coefficient (Wildman–Crippen LogP) is -0.646. The Kier molecular flexibility index (Phi) is 5.36. The van der Waals surface area contributed by atoms with E-state index in [0.29, 0.717) is 13.1 Å². The summed E-state index contributed by atoms with van der Waals surface area (Å²) in [6, 6.07) is -0.381. The van der Waals surface area contributed by atoms with Crippen LogP contribution in [0.15, 0.2) is 0 Å². The Bertz CT molecular complexity index is 375. The second kappa shape index (κ2) is 6.35. The molecule has 1 aliphatic heterocycles. The molecule has 106 valence electrons. The molecule has 1 fully saturated rings. The van der Waals surface area contributed by atoms with E-state index < -0.39 is 10.0 Å².